The van der Waals surface area contributed by atoms with Crippen LogP contribution in [0.25, 0.3) is 10.8 Å². The van der Waals surface area contributed by atoms with E-state index in [1.54, 1.807) is 48.7 Å². The fourth-order valence-corrected chi connectivity index (χ4v) is 6.30. The summed E-state index contributed by atoms with van der Waals surface area (Å²) < 4.78 is 57.5. The Bertz CT molecular complexity index is 1760. The van der Waals surface area contributed by atoms with Gasteiger partial charge in [-0.15, -0.1) is 0 Å². The van der Waals surface area contributed by atoms with Gasteiger partial charge in [-0.25, -0.2) is 18.2 Å². The molecule has 1 aliphatic carbocycles. The lowest BCUT2D eigenvalue weighted by Crippen LogP contribution is -2.33. The molecular formula is C29H26ClF3N4O5S. The number of alkyl halides is 3. The van der Waals surface area contributed by atoms with E-state index in [1.807, 2.05) is 30.3 Å². The molecule has 0 saturated heterocycles. The second-order valence-corrected chi connectivity index (χ2v) is 12.3. The van der Waals surface area contributed by atoms with E-state index in [4.69, 9.17) is 27.2 Å². The number of carboxylic acids is 1. The predicted octanol–water partition coefficient (Wildman–Crippen LogP) is 5.51. The molecule has 3 aromatic carbocycles. The van der Waals surface area contributed by atoms with E-state index in [2.05, 4.69) is 15.6 Å². The lowest BCUT2D eigenvalue weighted by atomic mass is 10.0. The van der Waals surface area contributed by atoms with Crippen LogP contribution in [0.3, 0.4) is 0 Å². The third-order valence-electron chi connectivity index (χ3n) is 6.49. The summed E-state index contributed by atoms with van der Waals surface area (Å²) >= 11 is 6.22. The van der Waals surface area contributed by atoms with Crippen LogP contribution in [-0.4, -0.2) is 41.8 Å². The molecule has 1 aromatic heterocycles. The van der Waals surface area contributed by atoms with Gasteiger partial charge in [0.15, 0.2) is 9.84 Å². The molecular weight excluding hydrogens is 609 g/mol. The number of hydrogen-bond donors (Lipinski definition) is 4. The van der Waals surface area contributed by atoms with Crippen LogP contribution in [0.5, 0.6) is 0 Å². The van der Waals surface area contributed by atoms with Gasteiger partial charge in [-0.2, -0.15) is 13.2 Å². The lowest BCUT2D eigenvalue weighted by molar-refractivity contribution is -0.192. The van der Waals surface area contributed by atoms with Crippen molar-refractivity contribution in [3.8, 4) is 0 Å². The maximum atomic E-state index is 13.5. The molecule has 1 aliphatic rings. The number of carboxylic acid groups (broad SMARTS) is 1. The number of aromatic nitrogens is 1. The summed E-state index contributed by atoms with van der Waals surface area (Å²) in [7, 11) is -3.39. The number of halogens is 4. The van der Waals surface area contributed by atoms with Crippen LogP contribution in [0.1, 0.15) is 30.0 Å². The second-order valence-electron chi connectivity index (χ2n) is 9.64. The second kappa shape index (κ2) is 12.9. The number of carbonyl (C=O) groups is 2. The normalized spacial score (nSPS) is 13.9. The number of sulfone groups is 1. The molecule has 1 atom stereocenters. The van der Waals surface area contributed by atoms with Gasteiger partial charge in [0.1, 0.15) is 11.9 Å². The molecule has 1 saturated carbocycles. The van der Waals surface area contributed by atoms with Crippen molar-refractivity contribution in [3.63, 3.8) is 0 Å². The van der Waals surface area contributed by atoms with Crippen molar-refractivity contribution >= 4 is 55.6 Å². The van der Waals surface area contributed by atoms with Crippen LogP contribution in [0.2, 0.25) is 5.02 Å². The van der Waals surface area contributed by atoms with Crippen molar-refractivity contribution in [1.82, 2.24) is 10.3 Å². The van der Waals surface area contributed by atoms with Gasteiger partial charge in [0.25, 0.3) is 0 Å². The van der Waals surface area contributed by atoms with E-state index >= 15 is 0 Å². The van der Waals surface area contributed by atoms with E-state index in [0.29, 0.717) is 40.5 Å². The number of pyridine rings is 1. The van der Waals surface area contributed by atoms with Gasteiger partial charge in [-0.3, -0.25) is 4.79 Å². The molecule has 9 nitrogen and oxygen atoms in total. The highest BCUT2D eigenvalue weighted by atomic mass is 35.5. The first-order chi connectivity index (χ1) is 20.3. The molecule has 0 radical (unpaired) electrons. The van der Waals surface area contributed by atoms with Gasteiger partial charge in [0.05, 0.1) is 10.1 Å². The SMILES string of the molecule is Nc1nccc2cc(NC(C(=O)NCc3ccccc3S(=O)(=O)C3CC3)c3cccc(Cl)c3)ccc12.O=C(O)C(F)(F)F. The Morgan fingerprint density at radius 3 is 2.40 bits per heavy atom. The topological polar surface area (TPSA) is 151 Å². The molecule has 5 N–H and O–H groups in total. The number of amides is 1. The first kappa shape index (κ1) is 31.6. The molecule has 226 valence electrons. The average molecular weight is 635 g/mol. The Morgan fingerprint density at radius 2 is 1.74 bits per heavy atom. The maximum absolute atomic E-state index is 13.5. The fraction of sp³-hybridized carbons (Fsp3) is 0.207. The summed E-state index contributed by atoms with van der Waals surface area (Å²) in [5, 5.41) is 15.2. The minimum absolute atomic E-state index is 0.0830. The summed E-state index contributed by atoms with van der Waals surface area (Å²) in [6.45, 7) is 0.0830. The summed E-state index contributed by atoms with van der Waals surface area (Å²) in [5.74, 6) is -2.64. The number of rotatable bonds is 8. The summed E-state index contributed by atoms with van der Waals surface area (Å²) in [5.41, 5.74) is 7.92. The zero-order valence-electron chi connectivity index (χ0n) is 22.3. The number of nitrogens with one attached hydrogen (secondary N) is 2. The monoisotopic (exact) mass is 634 g/mol. The van der Waals surface area contributed by atoms with Crippen molar-refractivity contribution < 1.29 is 36.3 Å². The molecule has 1 amide bonds. The van der Waals surface area contributed by atoms with Gasteiger partial charge in [0, 0.05) is 28.8 Å². The van der Waals surface area contributed by atoms with Crippen molar-refractivity contribution in [3.05, 3.63) is 95.1 Å². The number of nitrogen functional groups attached to an aromatic ring is 1. The minimum atomic E-state index is -5.08. The lowest BCUT2D eigenvalue weighted by Gasteiger charge is -2.21. The number of carbonyl (C=O) groups excluding carboxylic acids is 1. The first-order valence-electron chi connectivity index (χ1n) is 12.8. The average Bonchev–Trinajstić information content (AvgIpc) is 3.81. The number of nitrogens with zero attached hydrogens (tertiary/aromatic N) is 1. The first-order valence-corrected chi connectivity index (χ1v) is 14.8. The zero-order valence-corrected chi connectivity index (χ0v) is 23.9. The number of fused-ring (bicyclic) bond motifs is 1. The van der Waals surface area contributed by atoms with Crippen LogP contribution in [0.15, 0.2) is 83.9 Å². The number of anilines is 2. The van der Waals surface area contributed by atoms with Crippen LogP contribution >= 0.6 is 11.6 Å². The van der Waals surface area contributed by atoms with E-state index in [1.165, 1.54) is 0 Å². The van der Waals surface area contributed by atoms with Crippen molar-refractivity contribution in [2.45, 2.75) is 41.7 Å². The molecule has 1 fully saturated rings. The van der Waals surface area contributed by atoms with Crippen LogP contribution in [0, 0.1) is 0 Å². The largest absolute Gasteiger partial charge is 0.490 e. The Morgan fingerprint density at radius 1 is 1.05 bits per heavy atom. The van der Waals surface area contributed by atoms with Crippen molar-refractivity contribution in [1.29, 1.82) is 0 Å². The molecule has 0 spiro atoms. The van der Waals surface area contributed by atoms with Gasteiger partial charge in [-0.1, -0.05) is 41.9 Å². The highest BCUT2D eigenvalue weighted by molar-refractivity contribution is 7.92. The third kappa shape index (κ3) is 7.93. The number of benzene rings is 3. The molecule has 1 heterocycles. The summed E-state index contributed by atoms with van der Waals surface area (Å²) in [6.07, 6.45) is -2.09. The molecule has 0 bridgehead atoms. The van der Waals surface area contributed by atoms with Gasteiger partial charge < -0.3 is 21.5 Å². The highest BCUT2D eigenvalue weighted by Crippen LogP contribution is 2.35. The van der Waals surface area contributed by atoms with E-state index in [9.17, 15) is 26.4 Å². The standard InChI is InChI=1S/C27H25ClN4O3S.C2HF3O2/c28-20-6-3-5-18(14-20)25(32-21-8-11-23-17(15-21)12-13-30-26(23)29)27(33)31-16-19-4-1-2-7-24(19)36(34,35)22-9-10-22;3-2(4,5)1(6)7/h1-8,11-15,22,25,32H,9-10,16H2,(H2,29,30)(H,31,33);(H,6,7). The third-order valence-corrected chi connectivity index (χ3v) is 9.08. The van der Waals surface area contributed by atoms with E-state index in [-0.39, 0.29) is 22.6 Å². The molecule has 5 rings (SSSR count). The van der Waals surface area contributed by atoms with E-state index < -0.39 is 28.0 Å². The smallest absolute Gasteiger partial charge is 0.475 e. The fourth-order valence-electron chi connectivity index (χ4n) is 4.21. The van der Waals surface area contributed by atoms with Crippen LogP contribution in [-0.2, 0) is 26.0 Å². The quantitative estimate of drug-likeness (QED) is 0.198. The van der Waals surface area contributed by atoms with Crippen molar-refractivity contribution in [2.75, 3.05) is 11.1 Å². The van der Waals surface area contributed by atoms with Crippen molar-refractivity contribution in [2.24, 2.45) is 0 Å². The van der Waals surface area contributed by atoms with Gasteiger partial charge in [0.2, 0.25) is 5.91 Å². The Labute approximate surface area is 249 Å². The maximum Gasteiger partial charge on any atom is 0.490 e. The summed E-state index contributed by atoms with van der Waals surface area (Å²) in [4.78, 5) is 26.7. The minimum Gasteiger partial charge on any atom is -0.475 e. The predicted molar refractivity (Wildman–Crippen MR) is 156 cm³/mol. The number of hydrogen-bond acceptors (Lipinski definition) is 7. The van der Waals surface area contributed by atoms with Crippen LogP contribution < -0.4 is 16.4 Å². The molecule has 14 heteroatoms. The number of nitrogens with two attached hydrogens (primary N) is 1. The molecule has 0 aliphatic heterocycles. The van der Waals surface area contributed by atoms with Crippen LogP contribution in [0.4, 0.5) is 24.7 Å². The molecule has 4 aromatic rings. The highest BCUT2D eigenvalue weighted by Gasteiger charge is 2.39. The van der Waals surface area contributed by atoms with Gasteiger partial charge >= 0.3 is 12.1 Å². The number of aliphatic carboxylic acids is 1. The zero-order chi connectivity index (χ0) is 31.4. The summed E-state index contributed by atoms with van der Waals surface area (Å²) in [6, 6.07) is 20.6. The Balaban J connectivity index is 0.000000541. The van der Waals surface area contributed by atoms with E-state index in [0.717, 1.165) is 10.8 Å². The Hall–Kier alpha value is -4.36. The molecule has 1 unspecified atom stereocenters. The molecule has 43 heavy (non-hydrogen) atoms. The Kier molecular flexibility index (Phi) is 9.46. The van der Waals surface area contributed by atoms with Gasteiger partial charge in [-0.05, 0) is 71.8 Å².